The van der Waals surface area contributed by atoms with Crippen LogP contribution in [0.5, 0.6) is 5.75 Å². The van der Waals surface area contributed by atoms with Crippen LogP contribution in [0.2, 0.25) is 0 Å². The molecule has 5 rings (SSSR count). The average molecular weight is 583 g/mol. The molecule has 5 N–H and O–H groups in total. The summed E-state index contributed by atoms with van der Waals surface area (Å²) in [5.41, 5.74) is 3.65. The van der Waals surface area contributed by atoms with E-state index in [2.05, 4.69) is 30.9 Å². The van der Waals surface area contributed by atoms with Crippen LogP contribution in [0.3, 0.4) is 0 Å². The number of ether oxygens (including phenoxy) is 1. The predicted molar refractivity (Wildman–Crippen MR) is 167 cm³/mol. The standard InChI is InChI=1S/C32H38N8O3/c1-20-18-24(43-17-9-16-34-31(42)26(21(2)33)28(41)22-10-5-3-6-11-22)14-15-25(20)38-32-39-29-27(35-19-36-29)30(40-32)37-23-12-7-4-8-13-23/h3,5-6,10-11,14-15,18-19,23,26,33H,4,7-9,12-13,16-17H2,1-2H3,(H,34,42)(H3,35,36,37,38,39,40). The number of carbonyl (C=O) groups excluding carboxylic acids is 2. The van der Waals surface area contributed by atoms with Crippen molar-refractivity contribution in [2.45, 2.75) is 58.4 Å². The Bertz CT molecular complexity index is 1580. The topological polar surface area (TPSA) is 158 Å². The molecule has 0 spiro atoms. The second-order valence-corrected chi connectivity index (χ2v) is 10.9. The number of anilines is 3. The first kappa shape index (κ1) is 29.7. The fourth-order valence-corrected chi connectivity index (χ4v) is 5.28. The van der Waals surface area contributed by atoms with Gasteiger partial charge < -0.3 is 31.1 Å². The van der Waals surface area contributed by atoms with Crippen molar-refractivity contribution in [1.29, 1.82) is 5.41 Å². The summed E-state index contributed by atoms with van der Waals surface area (Å²) in [7, 11) is 0. The van der Waals surface area contributed by atoms with Gasteiger partial charge in [0.05, 0.1) is 12.9 Å². The minimum atomic E-state index is -1.14. The molecule has 224 valence electrons. The third kappa shape index (κ3) is 7.54. The fraction of sp³-hybridized carbons (Fsp3) is 0.375. The highest BCUT2D eigenvalue weighted by Gasteiger charge is 2.29. The zero-order valence-corrected chi connectivity index (χ0v) is 24.6. The Hall–Kier alpha value is -4.80. The minimum absolute atomic E-state index is 0.0122. The summed E-state index contributed by atoms with van der Waals surface area (Å²) in [4.78, 5) is 42.3. The molecule has 2 heterocycles. The largest absolute Gasteiger partial charge is 0.494 e. The molecule has 0 radical (unpaired) electrons. The van der Waals surface area contributed by atoms with Gasteiger partial charge in [0, 0.05) is 29.5 Å². The first-order chi connectivity index (χ1) is 20.9. The molecule has 1 saturated carbocycles. The van der Waals surface area contributed by atoms with Gasteiger partial charge in [-0.2, -0.15) is 9.97 Å². The van der Waals surface area contributed by atoms with Crippen LogP contribution in [0.1, 0.15) is 61.4 Å². The van der Waals surface area contributed by atoms with Crippen molar-refractivity contribution in [3.63, 3.8) is 0 Å². The molecule has 43 heavy (non-hydrogen) atoms. The summed E-state index contributed by atoms with van der Waals surface area (Å²) in [6.45, 7) is 4.16. The van der Waals surface area contributed by atoms with Crippen molar-refractivity contribution in [1.82, 2.24) is 25.3 Å². The molecular formula is C32H38N8O3. The van der Waals surface area contributed by atoms with Gasteiger partial charge in [0.2, 0.25) is 11.9 Å². The monoisotopic (exact) mass is 582 g/mol. The lowest BCUT2D eigenvalue weighted by Gasteiger charge is -2.23. The highest BCUT2D eigenvalue weighted by Crippen LogP contribution is 2.28. The zero-order valence-electron chi connectivity index (χ0n) is 24.6. The molecule has 1 fully saturated rings. The Morgan fingerprint density at radius 2 is 1.88 bits per heavy atom. The number of fused-ring (bicyclic) bond motifs is 1. The minimum Gasteiger partial charge on any atom is -0.494 e. The normalized spacial score (nSPS) is 14.2. The SMILES string of the molecule is CC(=N)C(C(=O)NCCCOc1ccc(Nc2nc(NC3CCCCC3)c3[nH]cnc3n2)c(C)c1)C(=O)c1ccccc1. The lowest BCUT2D eigenvalue weighted by molar-refractivity contribution is -0.121. The van der Waals surface area contributed by atoms with Crippen molar-refractivity contribution in [3.05, 3.63) is 66.0 Å². The van der Waals surface area contributed by atoms with E-state index < -0.39 is 11.8 Å². The summed E-state index contributed by atoms with van der Waals surface area (Å²) < 4.78 is 5.91. The number of aromatic nitrogens is 4. The average Bonchev–Trinajstić information content (AvgIpc) is 3.48. The van der Waals surface area contributed by atoms with Crippen molar-refractivity contribution in [2.75, 3.05) is 23.8 Å². The third-order valence-electron chi connectivity index (χ3n) is 7.58. The van der Waals surface area contributed by atoms with E-state index in [9.17, 15) is 9.59 Å². The number of rotatable bonds is 13. The Morgan fingerprint density at radius 3 is 2.63 bits per heavy atom. The quantitative estimate of drug-likeness (QED) is 0.0592. The Morgan fingerprint density at radius 1 is 1.09 bits per heavy atom. The maximum absolute atomic E-state index is 12.8. The third-order valence-corrected chi connectivity index (χ3v) is 7.58. The highest BCUT2D eigenvalue weighted by atomic mass is 16.5. The molecule has 1 aliphatic carbocycles. The number of imidazole rings is 1. The Labute approximate surface area is 250 Å². The number of ketones is 1. The first-order valence-corrected chi connectivity index (χ1v) is 14.8. The molecule has 4 aromatic rings. The van der Waals surface area contributed by atoms with E-state index in [-0.39, 0.29) is 11.5 Å². The van der Waals surface area contributed by atoms with E-state index in [1.54, 1.807) is 36.7 Å². The fourth-order valence-electron chi connectivity index (χ4n) is 5.28. The Kier molecular flexibility index (Phi) is 9.60. The Balaban J connectivity index is 1.13. The van der Waals surface area contributed by atoms with Crippen LogP contribution in [0.15, 0.2) is 54.9 Å². The smallest absolute Gasteiger partial charge is 0.236 e. The number of nitrogens with one attached hydrogen (secondary N) is 5. The van der Waals surface area contributed by atoms with Crippen LogP contribution in [0.25, 0.3) is 11.2 Å². The van der Waals surface area contributed by atoms with Gasteiger partial charge in [-0.15, -0.1) is 0 Å². The number of hydrogen-bond acceptors (Lipinski definition) is 9. The number of hydrogen-bond donors (Lipinski definition) is 5. The van der Waals surface area contributed by atoms with Crippen LogP contribution in [-0.2, 0) is 4.79 Å². The molecule has 11 nitrogen and oxygen atoms in total. The van der Waals surface area contributed by atoms with Gasteiger partial charge >= 0.3 is 0 Å². The lowest BCUT2D eigenvalue weighted by Crippen LogP contribution is -2.40. The number of aryl methyl sites for hydroxylation is 1. The molecule has 0 bridgehead atoms. The van der Waals surface area contributed by atoms with Gasteiger partial charge in [-0.3, -0.25) is 9.59 Å². The van der Waals surface area contributed by atoms with Crippen molar-refractivity contribution >= 4 is 46.0 Å². The van der Waals surface area contributed by atoms with E-state index in [1.807, 2.05) is 25.1 Å². The van der Waals surface area contributed by atoms with Crippen molar-refractivity contribution in [2.24, 2.45) is 5.92 Å². The molecular weight excluding hydrogens is 544 g/mol. The molecule has 1 aliphatic rings. The molecule has 0 saturated heterocycles. The van der Waals surface area contributed by atoms with Gasteiger partial charge in [0.25, 0.3) is 0 Å². The summed E-state index contributed by atoms with van der Waals surface area (Å²) in [5.74, 6) is -0.0619. The molecule has 1 atom stereocenters. The van der Waals surface area contributed by atoms with E-state index in [0.717, 1.165) is 35.4 Å². The highest BCUT2D eigenvalue weighted by molar-refractivity contribution is 6.23. The number of benzene rings is 2. The van der Waals surface area contributed by atoms with Crippen molar-refractivity contribution in [3.8, 4) is 5.75 Å². The molecule has 2 aromatic carbocycles. The van der Waals surface area contributed by atoms with Crippen LogP contribution in [-0.4, -0.2) is 56.5 Å². The van der Waals surface area contributed by atoms with Gasteiger partial charge in [-0.1, -0.05) is 49.6 Å². The number of H-pyrrole nitrogens is 1. The van der Waals surface area contributed by atoms with E-state index in [1.165, 1.54) is 26.2 Å². The molecule has 2 aromatic heterocycles. The zero-order chi connectivity index (χ0) is 30.2. The first-order valence-electron chi connectivity index (χ1n) is 14.8. The van der Waals surface area contributed by atoms with Crippen molar-refractivity contribution < 1.29 is 14.3 Å². The molecule has 11 heteroatoms. The second-order valence-electron chi connectivity index (χ2n) is 10.9. The molecule has 0 aliphatic heterocycles. The summed E-state index contributed by atoms with van der Waals surface area (Å²) in [5, 5.41) is 17.6. The molecule has 1 unspecified atom stereocenters. The lowest BCUT2D eigenvalue weighted by atomic mass is 9.93. The second kappa shape index (κ2) is 13.9. The van der Waals surface area contributed by atoms with Gasteiger partial charge in [0.1, 0.15) is 17.2 Å². The predicted octanol–water partition coefficient (Wildman–Crippen LogP) is 5.57. The summed E-state index contributed by atoms with van der Waals surface area (Å²) in [6.07, 6.45) is 8.18. The number of amides is 1. The van der Waals surface area contributed by atoms with Gasteiger partial charge in [-0.25, -0.2) is 4.98 Å². The molecule has 1 amide bonds. The number of carbonyl (C=O) groups is 2. The maximum atomic E-state index is 12.8. The number of nitrogens with zero attached hydrogens (tertiary/aromatic N) is 3. The van der Waals surface area contributed by atoms with Gasteiger partial charge in [-0.05, 0) is 56.9 Å². The maximum Gasteiger partial charge on any atom is 0.236 e. The van der Waals surface area contributed by atoms with E-state index in [4.69, 9.17) is 15.1 Å². The van der Waals surface area contributed by atoms with Crippen LogP contribution >= 0.6 is 0 Å². The summed E-state index contributed by atoms with van der Waals surface area (Å²) >= 11 is 0. The van der Waals surface area contributed by atoms with Crippen LogP contribution < -0.4 is 20.7 Å². The van der Waals surface area contributed by atoms with E-state index >= 15 is 0 Å². The van der Waals surface area contributed by atoms with Crippen LogP contribution in [0.4, 0.5) is 17.5 Å². The number of Topliss-reactive ketones (excluding diaryl/α,β-unsaturated/α-hetero) is 1. The van der Waals surface area contributed by atoms with E-state index in [0.29, 0.717) is 48.5 Å². The van der Waals surface area contributed by atoms with Gasteiger partial charge in [0.15, 0.2) is 17.2 Å². The van der Waals surface area contributed by atoms with Crippen LogP contribution in [0, 0.1) is 18.3 Å². The summed E-state index contributed by atoms with van der Waals surface area (Å²) in [6, 6.07) is 14.7. The number of aromatic amines is 1.